The third-order valence-corrected chi connectivity index (χ3v) is 1.73. The van der Waals surface area contributed by atoms with Crippen molar-refractivity contribution in [3.63, 3.8) is 0 Å². The monoisotopic (exact) mass is 202 g/mol. The van der Waals surface area contributed by atoms with Crippen molar-refractivity contribution in [1.29, 1.82) is 0 Å². The van der Waals surface area contributed by atoms with Crippen molar-refractivity contribution < 1.29 is 9.84 Å². The van der Waals surface area contributed by atoms with Gasteiger partial charge in [0.25, 0.3) is 0 Å². The lowest BCUT2D eigenvalue weighted by molar-refractivity contribution is 0.212. The third kappa shape index (κ3) is 4.72. The quantitative estimate of drug-likeness (QED) is 0.586. The second kappa shape index (κ2) is 5.70. The molecule has 1 aromatic rings. The summed E-state index contributed by atoms with van der Waals surface area (Å²) < 4.78 is 5.34. The predicted octanol–water partition coefficient (Wildman–Crippen LogP) is 3.34. The van der Waals surface area contributed by atoms with Gasteiger partial charge in [0.2, 0.25) is 0 Å². The molecule has 78 valence electrons. The Morgan fingerprint density at radius 3 is 2.47 bits per heavy atom. The van der Waals surface area contributed by atoms with Crippen molar-refractivity contribution in [3.8, 4) is 0 Å². The zero-order valence-corrected chi connectivity index (χ0v) is 8.52. The fourth-order valence-electron chi connectivity index (χ4n) is 0.988. The lowest BCUT2D eigenvalue weighted by Crippen LogP contribution is -1.90. The number of benzene rings is 1. The summed E-state index contributed by atoms with van der Waals surface area (Å²) in [5, 5.41) is 8.81. The zero-order valence-electron chi connectivity index (χ0n) is 8.52. The minimum Gasteiger partial charge on any atom is -0.509 e. The third-order valence-electron chi connectivity index (χ3n) is 1.73. The molecule has 0 aliphatic heterocycles. The van der Waals surface area contributed by atoms with E-state index < -0.39 is 0 Å². The van der Waals surface area contributed by atoms with Crippen LogP contribution in [0.3, 0.4) is 0 Å². The lowest BCUT2D eigenvalue weighted by Gasteiger charge is -2.05. The Labute approximate surface area is 89.8 Å². The first kappa shape index (κ1) is 11.1. The molecule has 0 bridgehead atoms. The highest BCUT2D eigenvalue weighted by Crippen LogP contribution is 2.05. The normalized spacial score (nSPS) is 10.1. The Morgan fingerprint density at radius 1 is 1.20 bits per heavy atom. The van der Waals surface area contributed by atoms with E-state index in [4.69, 9.17) is 9.84 Å². The molecule has 0 aliphatic rings. The van der Waals surface area contributed by atoms with E-state index in [0.717, 1.165) is 5.56 Å². The maximum atomic E-state index is 8.81. The van der Waals surface area contributed by atoms with Crippen molar-refractivity contribution in [2.45, 2.75) is 6.61 Å². The first-order valence-corrected chi connectivity index (χ1v) is 4.60. The van der Waals surface area contributed by atoms with Gasteiger partial charge in [0, 0.05) is 0 Å². The predicted molar refractivity (Wildman–Crippen MR) is 61.3 cm³/mol. The highest BCUT2D eigenvalue weighted by Gasteiger charge is 1.92. The number of allylic oxidation sites excluding steroid dienone is 2. The average Bonchev–Trinajstić information content (AvgIpc) is 2.25. The molecule has 2 heteroatoms. The van der Waals surface area contributed by atoms with Gasteiger partial charge in [-0.1, -0.05) is 43.5 Å². The van der Waals surface area contributed by atoms with E-state index in [-0.39, 0.29) is 5.76 Å². The summed E-state index contributed by atoms with van der Waals surface area (Å²) in [4.78, 5) is 0. The number of aliphatic hydroxyl groups excluding tert-OH is 1. The smallest absolute Gasteiger partial charge is 0.113 e. The van der Waals surface area contributed by atoms with E-state index in [1.165, 1.54) is 6.08 Å². The fraction of sp³-hybridized carbons (Fsp3) is 0.0769. The zero-order chi connectivity index (χ0) is 11.1. The van der Waals surface area contributed by atoms with Crippen molar-refractivity contribution in [3.05, 3.63) is 72.7 Å². The minimum absolute atomic E-state index is 0.0144. The molecule has 0 saturated carbocycles. The van der Waals surface area contributed by atoms with Gasteiger partial charge in [-0.05, 0) is 17.7 Å². The molecular weight excluding hydrogens is 188 g/mol. The Hall–Kier alpha value is -1.96. The van der Waals surface area contributed by atoms with E-state index in [1.54, 1.807) is 6.08 Å². The standard InChI is InChI=1S/C13H14O2/c1-11(14)8-9-12(2)15-10-13-6-4-3-5-7-13/h3-9,14H,1-2,10H2/b9-8-. The average molecular weight is 202 g/mol. The molecule has 0 aromatic heterocycles. The molecule has 15 heavy (non-hydrogen) atoms. The topological polar surface area (TPSA) is 29.5 Å². The van der Waals surface area contributed by atoms with Crippen molar-refractivity contribution >= 4 is 0 Å². The van der Waals surface area contributed by atoms with Gasteiger partial charge in [-0.25, -0.2) is 0 Å². The van der Waals surface area contributed by atoms with Crippen LogP contribution in [0.25, 0.3) is 0 Å². The van der Waals surface area contributed by atoms with Gasteiger partial charge in [-0.2, -0.15) is 0 Å². The first-order chi connectivity index (χ1) is 7.18. The van der Waals surface area contributed by atoms with Gasteiger partial charge in [0.05, 0.1) is 0 Å². The Balaban J connectivity index is 2.38. The fourth-order valence-corrected chi connectivity index (χ4v) is 0.988. The minimum atomic E-state index is -0.0144. The second-order valence-electron chi connectivity index (χ2n) is 3.07. The van der Waals surface area contributed by atoms with E-state index in [0.29, 0.717) is 12.4 Å². The van der Waals surface area contributed by atoms with E-state index >= 15 is 0 Å². The van der Waals surface area contributed by atoms with Gasteiger partial charge >= 0.3 is 0 Å². The summed E-state index contributed by atoms with van der Waals surface area (Å²) >= 11 is 0. The molecule has 0 atom stereocenters. The number of ether oxygens (including phenoxy) is 1. The van der Waals surface area contributed by atoms with Crippen LogP contribution in [0.4, 0.5) is 0 Å². The van der Waals surface area contributed by atoms with E-state index in [9.17, 15) is 0 Å². The maximum Gasteiger partial charge on any atom is 0.113 e. The Bertz CT molecular complexity index is 363. The van der Waals surface area contributed by atoms with Crippen LogP contribution in [-0.2, 0) is 11.3 Å². The van der Waals surface area contributed by atoms with Crippen LogP contribution in [0.1, 0.15) is 5.56 Å². The summed E-state index contributed by atoms with van der Waals surface area (Å²) in [7, 11) is 0. The maximum absolute atomic E-state index is 8.81. The van der Waals surface area contributed by atoms with Crippen molar-refractivity contribution in [1.82, 2.24) is 0 Å². The van der Waals surface area contributed by atoms with Gasteiger partial charge in [-0.3, -0.25) is 0 Å². The van der Waals surface area contributed by atoms with E-state index in [2.05, 4.69) is 13.2 Å². The molecule has 2 nitrogen and oxygen atoms in total. The molecule has 0 spiro atoms. The van der Waals surface area contributed by atoms with Crippen LogP contribution in [0.5, 0.6) is 0 Å². The molecule has 0 aliphatic carbocycles. The second-order valence-corrected chi connectivity index (χ2v) is 3.07. The lowest BCUT2D eigenvalue weighted by atomic mass is 10.2. The molecular formula is C13H14O2. The van der Waals surface area contributed by atoms with Gasteiger partial charge in [-0.15, -0.1) is 0 Å². The van der Waals surface area contributed by atoms with Crippen LogP contribution >= 0.6 is 0 Å². The van der Waals surface area contributed by atoms with Crippen molar-refractivity contribution in [2.24, 2.45) is 0 Å². The highest BCUT2D eigenvalue weighted by atomic mass is 16.5. The SMILES string of the molecule is C=C(O)/C=C\C(=C)OCc1ccccc1. The first-order valence-electron chi connectivity index (χ1n) is 4.60. The molecule has 0 unspecified atom stereocenters. The molecule has 0 saturated heterocycles. The molecule has 0 heterocycles. The van der Waals surface area contributed by atoms with Crippen molar-refractivity contribution in [2.75, 3.05) is 0 Å². The summed E-state index contributed by atoms with van der Waals surface area (Å²) in [6.07, 6.45) is 3.01. The number of hydrogen-bond acceptors (Lipinski definition) is 2. The van der Waals surface area contributed by atoms with Crippen LogP contribution < -0.4 is 0 Å². The van der Waals surface area contributed by atoms with Crippen LogP contribution in [0, 0.1) is 0 Å². The molecule has 1 rings (SSSR count). The van der Waals surface area contributed by atoms with Gasteiger partial charge in [0.15, 0.2) is 0 Å². The Kier molecular flexibility index (Phi) is 4.23. The molecule has 0 radical (unpaired) electrons. The molecule has 1 aromatic carbocycles. The van der Waals surface area contributed by atoms with Crippen LogP contribution in [0.2, 0.25) is 0 Å². The molecule has 1 N–H and O–H groups in total. The molecule has 0 fully saturated rings. The van der Waals surface area contributed by atoms with Crippen LogP contribution in [0.15, 0.2) is 67.2 Å². The summed E-state index contributed by atoms with van der Waals surface area (Å²) in [6.45, 7) is 7.47. The summed E-state index contributed by atoms with van der Waals surface area (Å²) in [5.41, 5.74) is 1.08. The number of aliphatic hydroxyl groups is 1. The highest BCUT2D eigenvalue weighted by molar-refractivity contribution is 5.18. The number of hydrogen-bond donors (Lipinski definition) is 1. The van der Waals surface area contributed by atoms with Gasteiger partial charge in [0.1, 0.15) is 18.1 Å². The summed E-state index contributed by atoms with van der Waals surface area (Å²) in [5.74, 6) is 0.480. The molecule has 0 amide bonds. The van der Waals surface area contributed by atoms with Crippen LogP contribution in [-0.4, -0.2) is 5.11 Å². The van der Waals surface area contributed by atoms with Gasteiger partial charge < -0.3 is 9.84 Å². The largest absolute Gasteiger partial charge is 0.509 e. The number of rotatable bonds is 5. The Morgan fingerprint density at radius 2 is 1.87 bits per heavy atom. The van der Waals surface area contributed by atoms with E-state index in [1.807, 2.05) is 30.3 Å². The summed E-state index contributed by atoms with van der Waals surface area (Å²) in [6, 6.07) is 9.80.